The van der Waals surface area contributed by atoms with Gasteiger partial charge in [0.1, 0.15) is 5.84 Å². The smallest absolute Gasteiger partial charge is 0.116 e. The second-order valence-electron chi connectivity index (χ2n) is 5.36. The molecule has 0 rings (SSSR count). The van der Waals surface area contributed by atoms with Gasteiger partial charge in [-0.25, -0.2) is 0 Å². The van der Waals surface area contributed by atoms with Crippen molar-refractivity contribution in [2.24, 2.45) is 11.8 Å². The molecule has 0 fully saturated rings. The van der Waals surface area contributed by atoms with Crippen LogP contribution >= 0.6 is 22.6 Å². The van der Waals surface area contributed by atoms with Crippen LogP contribution in [0.4, 0.5) is 0 Å². The minimum absolute atomic E-state index is 0.116. The van der Waals surface area contributed by atoms with E-state index < -0.39 is 0 Å². The zero-order chi connectivity index (χ0) is 15.9. The average molecular weight is 393 g/mol. The van der Waals surface area contributed by atoms with Gasteiger partial charge in [-0.05, 0) is 41.9 Å². The van der Waals surface area contributed by atoms with Gasteiger partial charge in [0, 0.05) is 5.92 Å². The first kappa shape index (κ1) is 19.3. The summed E-state index contributed by atoms with van der Waals surface area (Å²) in [5.74, 6) is 1.29. The summed E-state index contributed by atoms with van der Waals surface area (Å²) >= 11 is 2.00. The van der Waals surface area contributed by atoms with E-state index in [1.54, 1.807) is 0 Å². The van der Waals surface area contributed by atoms with Gasteiger partial charge in [0.15, 0.2) is 0 Å². The monoisotopic (exact) mass is 393 g/mol. The summed E-state index contributed by atoms with van der Waals surface area (Å²) in [5.41, 5.74) is 0. The number of rotatable bonds is 8. The summed E-state index contributed by atoms with van der Waals surface area (Å²) in [6, 6.07) is -0.353. The predicted octanol–water partition coefficient (Wildman–Crippen LogP) is 3.38. The zero-order valence-corrected chi connectivity index (χ0v) is 15.3. The molecule has 0 aromatic rings. The number of hydrogen-bond acceptors (Lipinski definition) is 3. The van der Waals surface area contributed by atoms with E-state index in [4.69, 9.17) is 16.2 Å². The van der Waals surface area contributed by atoms with Crippen molar-refractivity contribution in [3.05, 3.63) is 0 Å². The molecule has 0 aliphatic heterocycles. The topological polar surface area (TPSA) is 95.6 Å². The summed E-state index contributed by atoms with van der Waals surface area (Å²) in [7, 11) is 0. The van der Waals surface area contributed by atoms with Gasteiger partial charge in [-0.2, -0.15) is 0 Å². The third-order valence-corrected chi connectivity index (χ3v) is 4.38. The molecule has 0 saturated carbocycles. The molecular formula is C14H28IN5. The van der Waals surface area contributed by atoms with Crippen LogP contribution in [0.15, 0.2) is 0 Å². The van der Waals surface area contributed by atoms with Crippen molar-refractivity contribution < 1.29 is 0 Å². The van der Waals surface area contributed by atoms with Gasteiger partial charge < -0.3 is 10.6 Å². The van der Waals surface area contributed by atoms with Crippen LogP contribution in [0.25, 0.3) is 0 Å². The predicted molar refractivity (Wildman–Crippen MR) is 95.6 cm³/mol. The molecule has 5 nitrogen and oxygen atoms in total. The Labute approximate surface area is 136 Å². The Bertz CT molecular complexity index is 355. The molecule has 0 saturated heterocycles. The number of amidine groups is 2. The maximum atomic E-state index is 8.11. The van der Waals surface area contributed by atoms with Crippen molar-refractivity contribution in [3.63, 3.8) is 0 Å². The fourth-order valence-electron chi connectivity index (χ4n) is 1.64. The summed E-state index contributed by atoms with van der Waals surface area (Å²) < 4.78 is 0.519. The van der Waals surface area contributed by atoms with Gasteiger partial charge in [0.05, 0.1) is 21.6 Å². The first-order valence-corrected chi connectivity index (χ1v) is 8.26. The molecule has 116 valence electrons. The van der Waals surface area contributed by atoms with E-state index in [0.29, 0.717) is 21.3 Å². The second-order valence-corrected chi connectivity index (χ2v) is 6.52. The summed E-state index contributed by atoms with van der Waals surface area (Å²) in [4.78, 5) is 0. The molecule has 0 amide bonds. The van der Waals surface area contributed by atoms with Crippen LogP contribution < -0.4 is 10.6 Å². The molecule has 0 aromatic heterocycles. The van der Waals surface area contributed by atoms with Crippen LogP contribution in [-0.4, -0.2) is 27.5 Å². The highest BCUT2D eigenvalue weighted by Crippen LogP contribution is 2.12. The first-order valence-electron chi connectivity index (χ1n) is 7.18. The van der Waals surface area contributed by atoms with Crippen LogP contribution in [0.1, 0.15) is 47.5 Å². The van der Waals surface area contributed by atoms with Gasteiger partial charge in [0.25, 0.3) is 0 Å². The van der Waals surface area contributed by atoms with E-state index in [9.17, 15) is 0 Å². The first-order chi connectivity index (χ1) is 9.24. The van der Waals surface area contributed by atoms with Crippen LogP contribution in [0.5, 0.6) is 0 Å². The SMILES string of the molecule is CC[C@H](C)C(=N)N[C@@H](C)C(=N)N[C@H](C(=N)I)[C@@H](C)CC. The standard InChI is InChI=1S/C14H28IN5/c1-6-8(3)11(12(15)16)20-14(18)10(5)19-13(17)9(4)7-2/h8-11,16H,6-7H2,1-5H3,(H2,17,19)(H2,18,20)/t8-,9-,10-,11-/m0/s1. The molecule has 6 heteroatoms. The largest absolute Gasteiger partial charge is 0.364 e. The van der Waals surface area contributed by atoms with E-state index >= 15 is 0 Å². The Morgan fingerprint density at radius 2 is 1.50 bits per heavy atom. The quantitative estimate of drug-likeness (QED) is 0.248. The lowest BCUT2D eigenvalue weighted by atomic mass is 9.99. The molecule has 0 bridgehead atoms. The molecule has 0 heterocycles. The minimum atomic E-state index is -0.237. The highest BCUT2D eigenvalue weighted by Gasteiger charge is 2.22. The lowest BCUT2D eigenvalue weighted by Gasteiger charge is -2.27. The Morgan fingerprint density at radius 3 is 1.90 bits per heavy atom. The number of hydrogen-bond donors (Lipinski definition) is 5. The molecular weight excluding hydrogens is 365 g/mol. The van der Waals surface area contributed by atoms with Gasteiger partial charge >= 0.3 is 0 Å². The van der Waals surface area contributed by atoms with Gasteiger partial charge in [-0.3, -0.25) is 16.2 Å². The fourth-order valence-corrected chi connectivity index (χ4v) is 2.41. The van der Waals surface area contributed by atoms with Crippen molar-refractivity contribution in [2.75, 3.05) is 0 Å². The minimum Gasteiger partial charge on any atom is -0.364 e. The molecule has 0 aliphatic rings. The summed E-state index contributed by atoms with van der Waals surface area (Å²) in [6.45, 7) is 10.1. The molecule has 0 unspecified atom stereocenters. The Kier molecular flexibility index (Phi) is 9.00. The molecule has 0 radical (unpaired) electrons. The van der Waals surface area contributed by atoms with Crippen LogP contribution in [0, 0.1) is 28.1 Å². The normalized spacial score (nSPS) is 16.7. The second kappa shape index (κ2) is 9.31. The van der Waals surface area contributed by atoms with E-state index in [0.717, 1.165) is 12.8 Å². The van der Waals surface area contributed by atoms with E-state index in [1.165, 1.54) is 0 Å². The van der Waals surface area contributed by atoms with Gasteiger partial charge in [-0.1, -0.05) is 34.1 Å². The number of nitrogens with one attached hydrogen (secondary N) is 5. The van der Waals surface area contributed by atoms with E-state index in [1.807, 2.05) is 43.4 Å². The van der Waals surface area contributed by atoms with E-state index in [2.05, 4.69) is 24.5 Å². The Balaban J connectivity index is 4.58. The van der Waals surface area contributed by atoms with Gasteiger partial charge in [-0.15, -0.1) is 0 Å². The third kappa shape index (κ3) is 6.19. The molecule has 0 spiro atoms. The maximum Gasteiger partial charge on any atom is 0.116 e. The molecule has 5 N–H and O–H groups in total. The molecule has 4 atom stereocenters. The lowest BCUT2D eigenvalue weighted by molar-refractivity contribution is 0.489. The third-order valence-electron chi connectivity index (χ3n) is 3.71. The Morgan fingerprint density at radius 1 is 0.950 bits per heavy atom. The fraction of sp³-hybridized carbons (Fsp3) is 0.786. The van der Waals surface area contributed by atoms with Crippen molar-refractivity contribution >= 4 is 38.0 Å². The molecule has 0 aliphatic carbocycles. The average Bonchev–Trinajstić information content (AvgIpc) is 2.41. The lowest BCUT2D eigenvalue weighted by Crippen LogP contribution is -2.51. The van der Waals surface area contributed by atoms with Crippen LogP contribution in [0.3, 0.4) is 0 Å². The van der Waals surface area contributed by atoms with Crippen LogP contribution in [0.2, 0.25) is 0 Å². The summed E-state index contributed by atoms with van der Waals surface area (Å²) in [5, 5.41) is 30.0. The zero-order valence-electron chi connectivity index (χ0n) is 13.1. The molecule has 20 heavy (non-hydrogen) atoms. The van der Waals surface area contributed by atoms with Gasteiger partial charge in [0.2, 0.25) is 0 Å². The van der Waals surface area contributed by atoms with Crippen molar-refractivity contribution in [1.29, 1.82) is 16.2 Å². The van der Waals surface area contributed by atoms with Crippen molar-refractivity contribution in [2.45, 2.75) is 59.5 Å². The highest BCUT2D eigenvalue weighted by atomic mass is 127. The van der Waals surface area contributed by atoms with Crippen LogP contribution in [-0.2, 0) is 0 Å². The molecule has 0 aromatic carbocycles. The van der Waals surface area contributed by atoms with E-state index in [-0.39, 0.29) is 18.0 Å². The maximum absolute atomic E-state index is 8.11. The Hall–Kier alpha value is -0.660. The summed E-state index contributed by atoms with van der Waals surface area (Å²) in [6.07, 6.45) is 1.87. The van der Waals surface area contributed by atoms with Crippen molar-refractivity contribution in [3.8, 4) is 0 Å². The number of halogens is 1. The highest BCUT2D eigenvalue weighted by molar-refractivity contribution is 14.1. The van der Waals surface area contributed by atoms with Crippen molar-refractivity contribution in [1.82, 2.24) is 10.6 Å².